The molecule has 0 N–H and O–H groups in total. The summed E-state index contributed by atoms with van der Waals surface area (Å²) in [5.74, 6) is 1.18. The Morgan fingerprint density at radius 2 is 2.47 bits per heavy atom. The highest BCUT2D eigenvalue weighted by atomic mass is 79.9. The molecule has 0 spiro atoms. The summed E-state index contributed by atoms with van der Waals surface area (Å²) in [6, 6.07) is 3.64. The second-order valence-electron chi connectivity index (χ2n) is 3.42. The standard InChI is InChI=1S/C10H11BrClN3/c1-2-7-6-15(14-9(7)11)10-8(12)4-3-5-13-10/h3-5,7H,2,6H2,1H3. The van der Waals surface area contributed by atoms with Gasteiger partial charge in [0.15, 0.2) is 5.82 Å². The molecule has 2 rings (SSSR count). The highest BCUT2D eigenvalue weighted by Gasteiger charge is 2.25. The van der Waals surface area contributed by atoms with Crippen LogP contribution in [0.1, 0.15) is 13.3 Å². The number of pyridine rings is 1. The van der Waals surface area contributed by atoms with Crippen LogP contribution in [0.2, 0.25) is 5.02 Å². The quantitative estimate of drug-likeness (QED) is 0.835. The van der Waals surface area contributed by atoms with Crippen LogP contribution in [0.25, 0.3) is 0 Å². The molecule has 15 heavy (non-hydrogen) atoms. The van der Waals surface area contributed by atoms with Gasteiger partial charge in [-0.25, -0.2) is 9.99 Å². The Balaban J connectivity index is 2.25. The number of aromatic nitrogens is 1. The molecule has 1 aliphatic rings. The van der Waals surface area contributed by atoms with Crippen LogP contribution in [0.4, 0.5) is 5.82 Å². The van der Waals surface area contributed by atoms with E-state index >= 15 is 0 Å². The summed E-state index contributed by atoms with van der Waals surface area (Å²) in [7, 11) is 0. The summed E-state index contributed by atoms with van der Waals surface area (Å²) in [4.78, 5) is 4.23. The van der Waals surface area contributed by atoms with Crippen molar-refractivity contribution in [1.82, 2.24) is 4.98 Å². The zero-order chi connectivity index (χ0) is 10.8. The molecular formula is C10H11BrClN3. The molecule has 0 radical (unpaired) electrons. The highest BCUT2D eigenvalue weighted by molar-refractivity contribution is 9.18. The van der Waals surface area contributed by atoms with E-state index < -0.39 is 0 Å². The van der Waals surface area contributed by atoms with Gasteiger partial charge in [0.25, 0.3) is 0 Å². The SMILES string of the molecule is CCC1CN(c2ncccc2Cl)N=C1Br. The van der Waals surface area contributed by atoms with E-state index in [1.807, 2.05) is 17.1 Å². The number of hydrogen-bond donors (Lipinski definition) is 0. The molecule has 0 saturated carbocycles. The number of rotatable bonds is 2. The van der Waals surface area contributed by atoms with E-state index in [0.717, 1.165) is 23.4 Å². The molecule has 0 aliphatic carbocycles. The Morgan fingerprint density at radius 3 is 3.07 bits per heavy atom. The van der Waals surface area contributed by atoms with Crippen molar-refractivity contribution in [3.63, 3.8) is 0 Å². The van der Waals surface area contributed by atoms with Crippen LogP contribution in [0.3, 0.4) is 0 Å². The molecule has 1 atom stereocenters. The van der Waals surface area contributed by atoms with Gasteiger partial charge in [-0.3, -0.25) is 0 Å². The lowest BCUT2D eigenvalue weighted by molar-refractivity contribution is 0.685. The zero-order valence-corrected chi connectivity index (χ0v) is 10.7. The van der Waals surface area contributed by atoms with Crippen LogP contribution in [0.5, 0.6) is 0 Å². The van der Waals surface area contributed by atoms with Crippen LogP contribution >= 0.6 is 27.5 Å². The first-order chi connectivity index (χ1) is 7.22. The topological polar surface area (TPSA) is 28.5 Å². The second kappa shape index (κ2) is 4.49. The van der Waals surface area contributed by atoms with Gasteiger partial charge in [0.2, 0.25) is 0 Å². The molecular weight excluding hydrogens is 277 g/mol. The molecule has 3 nitrogen and oxygen atoms in total. The Hall–Kier alpha value is -0.610. The number of nitrogens with zero attached hydrogens (tertiary/aromatic N) is 3. The van der Waals surface area contributed by atoms with Gasteiger partial charge in [0.05, 0.1) is 11.6 Å². The fourth-order valence-corrected chi connectivity index (χ4v) is 2.40. The first-order valence-electron chi connectivity index (χ1n) is 4.84. The maximum Gasteiger partial charge on any atom is 0.167 e. The second-order valence-corrected chi connectivity index (χ2v) is 4.64. The van der Waals surface area contributed by atoms with Gasteiger partial charge in [-0.2, -0.15) is 5.10 Å². The minimum atomic E-state index is 0.447. The van der Waals surface area contributed by atoms with Crippen molar-refractivity contribution >= 4 is 38.0 Å². The van der Waals surface area contributed by atoms with Gasteiger partial charge in [0, 0.05) is 12.1 Å². The highest BCUT2D eigenvalue weighted by Crippen LogP contribution is 2.29. The molecule has 5 heteroatoms. The number of hydrazone groups is 1. The third kappa shape index (κ3) is 2.16. The van der Waals surface area contributed by atoms with Gasteiger partial charge >= 0.3 is 0 Å². The number of anilines is 1. The largest absolute Gasteiger partial charge is 0.245 e. The first-order valence-corrected chi connectivity index (χ1v) is 6.01. The van der Waals surface area contributed by atoms with Crippen molar-refractivity contribution < 1.29 is 0 Å². The molecule has 1 aliphatic heterocycles. The van der Waals surface area contributed by atoms with Gasteiger partial charge < -0.3 is 0 Å². The van der Waals surface area contributed by atoms with Crippen LogP contribution in [0, 0.1) is 5.92 Å². The van der Waals surface area contributed by atoms with Crippen molar-refractivity contribution in [2.45, 2.75) is 13.3 Å². The van der Waals surface area contributed by atoms with Gasteiger partial charge in [-0.05, 0) is 34.5 Å². The third-order valence-corrected chi connectivity index (χ3v) is 3.52. The van der Waals surface area contributed by atoms with E-state index in [2.05, 4.69) is 32.9 Å². The summed E-state index contributed by atoms with van der Waals surface area (Å²) in [6.07, 6.45) is 2.79. The lowest BCUT2D eigenvalue weighted by Gasteiger charge is -2.14. The summed E-state index contributed by atoms with van der Waals surface area (Å²) >= 11 is 9.52. The van der Waals surface area contributed by atoms with Crippen LogP contribution in [0.15, 0.2) is 23.4 Å². The molecule has 2 heterocycles. The summed E-state index contributed by atoms with van der Waals surface area (Å²) in [5, 5.41) is 6.88. The zero-order valence-electron chi connectivity index (χ0n) is 8.32. The maximum atomic E-state index is 6.05. The molecule has 80 valence electrons. The molecule has 0 saturated heterocycles. The Labute approximate surface area is 102 Å². The van der Waals surface area contributed by atoms with Gasteiger partial charge in [-0.15, -0.1) is 0 Å². The lowest BCUT2D eigenvalue weighted by atomic mass is 10.1. The van der Waals surface area contributed by atoms with Crippen molar-refractivity contribution in [1.29, 1.82) is 0 Å². The Morgan fingerprint density at radius 1 is 1.67 bits per heavy atom. The van der Waals surface area contributed by atoms with Crippen LogP contribution in [-0.2, 0) is 0 Å². The summed E-state index contributed by atoms with van der Waals surface area (Å²) in [5.41, 5.74) is 0. The van der Waals surface area contributed by atoms with Crippen LogP contribution in [-0.4, -0.2) is 16.1 Å². The van der Waals surface area contributed by atoms with E-state index in [1.165, 1.54) is 0 Å². The van der Waals surface area contributed by atoms with Crippen molar-refractivity contribution in [2.24, 2.45) is 11.0 Å². The average molecular weight is 289 g/mol. The molecule has 1 unspecified atom stereocenters. The predicted octanol–water partition coefficient (Wildman–Crippen LogP) is 3.29. The monoisotopic (exact) mass is 287 g/mol. The molecule has 1 aromatic rings. The molecule has 1 aromatic heterocycles. The van der Waals surface area contributed by atoms with E-state index in [0.29, 0.717) is 10.9 Å². The van der Waals surface area contributed by atoms with Crippen molar-refractivity contribution in [3.8, 4) is 0 Å². The Kier molecular flexibility index (Phi) is 3.26. The van der Waals surface area contributed by atoms with E-state index in [4.69, 9.17) is 11.6 Å². The lowest BCUT2D eigenvalue weighted by Crippen LogP contribution is -2.18. The fourth-order valence-electron chi connectivity index (χ4n) is 1.52. The minimum absolute atomic E-state index is 0.447. The minimum Gasteiger partial charge on any atom is -0.245 e. The normalized spacial score (nSPS) is 20.6. The summed E-state index contributed by atoms with van der Waals surface area (Å²) < 4.78 is 0.978. The van der Waals surface area contributed by atoms with Crippen molar-refractivity contribution in [3.05, 3.63) is 23.4 Å². The predicted molar refractivity (Wildman–Crippen MR) is 66.7 cm³/mol. The molecule has 0 amide bonds. The molecule has 0 aromatic carbocycles. The van der Waals surface area contributed by atoms with E-state index in [9.17, 15) is 0 Å². The molecule has 0 fully saturated rings. The summed E-state index contributed by atoms with van der Waals surface area (Å²) in [6.45, 7) is 2.98. The Bertz CT molecular complexity index is 394. The first kappa shape index (κ1) is 10.9. The van der Waals surface area contributed by atoms with Gasteiger partial charge in [-0.1, -0.05) is 18.5 Å². The van der Waals surface area contributed by atoms with Gasteiger partial charge in [0.1, 0.15) is 4.62 Å². The van der Waals surface area contributed by atoms with Crippen molar-refractivity contribution in [2.75, 3.05) is 11.6 Å². The van der Waals surface area contributed by atoms with Crippen LogP contribution < -0.4 is 5.01 Å². The number of hydrogen-bond acceptors (Lipinski definition) is 3. The smallest absolute Gasteiger partial charge is 0.167 e. The fraction of sp³-hybridized carbons (Fsp3) is 0.400. The van der Waals surface area contributed by atoms with E-state index in [-0.39, 0.29) is 0 Å². The maximum absolute atomic E-state index is 6.05. The average Bonchev–Trinajstić information content (AvgIpc) is 2.60. The van der Waals surface area contributed by atoms with E-state index in [1.54, 1.807) is 6.20 Å². The third-order valence-electron chi connectivity index (χ3n) is 2.42. The molecule has 0 bridgehead atoms. The number of halogens is 2.